The first-order chi connectivity index (χ1) is 16.1. The lowest BCUT2D eigenvalue weighted by Gasteiger charge is -2.24. The molecule has 3 unspecified atom stereocenters. The zero-order valence-electron chi connectivity index (χ0n) is 19.5. The predicted molar refractivity (Wildman–Crippen MR) is 129 cm³/mol. The highest BCUT2D eigenvalue weighted by Crippen LogP contribution is 2.24. The number of halogens is 1. The van der Waals surface area contributed by atoms with Gasteiger partial charge in [-0.05, 0) is 57.3 Å². The molecule has 3 heterocycles. The maximum Gasteiger partial charge on any atom is 0.233 e. The van der Waals surface area contributed by atoms with Gasteiger partial charge in [-0.3, -0.25) is 0 Å². The van der Waals surface area contributed by atoms with Crippen molar-refractivity contribution >= 4 is 23.5 Å². The van der Waals surface area contributed by atoms with Crippen LogP contribution in [0.25, 0.3) is 0 Å². The summed E-state index contributed by atoms with van der Waals surface area (Å²) in [4.78, 5) is 13.8. The smallest absolute Gasteiger partial charge is 0.233 e. The van der Waals surface area contributed by atoms with Crippen molar-refractivity contribution in [1.82, 2.24) is 25.6 Å². The molecular weight excluding hydrogens is 423 g/mol. The summed E-state index contributed by atoms with van der Waals surface area (Å²) >= 11 is 0. The molecule has 180 valence electrons. The van der Waals surface area contributed by atoms with E-state index in [-0.39, 0.29) is 17.8 Å². The molecule has 2 aromatic rings. The zero-order chi connectivity index (χ0) is 23.0. The van der Waals surface area contributed by atoms with Gasteiger partial charge in [0.2, 0.25) is 17.8 Å². The van der Waals surface area contributed by atoms with Crippen molar-refractivity contribution < 1.29 is 9.13 Å². The monoisotopic (exact) mass is 458 g/mol. The van der Waals surface area contributed by atoms with Crippen molar-refractivity contribution in [3.05, 3.63) is 24.0 Å². The highest BCUT2D eigenvalue weighted by molar-refractivity contribution is 5.57. The van der Waals surface area contributed by atoms with Gasteiger partial charge >= 0.3 is 0 Å². The van der Waals surface area contributed by atoms with Gasteiger partial charge in [-0.1, -0.05) is 13.3 Å². The van der Waals surface area contributed by atoms with Gasteiger partial charge in [0.15, 0.2) is 11.6 Å². The third-order valence-corrected chi connectivity index (χ3v) is 6.26. The van der Waals surface area contributed by atoms with Crippen LogP contribution in [0.4, 0.5) is 27.9 Å². The SMILES string of the molecule is CCC(Nc1nc(Nc2ccc(OC)c(F)c2)nc(NC2CCCCNC2)n1)C1CCCN1. The van der Waals surface area contributed by atoms with Gasteiger partial charge < -0.3 is 31.3 Å². The molecule has 1 aromatic carbocycles. The molecular formula is C23H35FN8O. The van der Waals surface area contributed by atoms with Crippen LogP contribution in [0.2, 0.25) is 0 Å². The van der Waals surface area contributed by atoms with Gasteiger partial charge in [0.1, 0.15) is 0 Å². The molecule has 0 saturated carbocycles. The van der Waals surface area contributed by atoms with Crippen LogP contribution in [-0.4, -0.2) is 59.8 Å². The Morgan fingerprint density at radius 1 is 1.09 bits per heavy atom. The first-order valence-electron chi connectivity index (χ1n) is 12.0. The number of ether oxygens (including phenoxy) is 1. The minimum absolute atomic E-state index is 0.191. The predicted octanol–water partition coefficient (Wildman–Crippen LogP) is 3.26. The van der Waals surface area contributed by atoms with Crippen LogP contribution in [0.3, 0.4) is 0 Å². The Morgan fingerprint density at radius 2 is 1.94 bits per heavy atom. The molecule has 0 aliphatic carbocycles. The Kier molecular flexibility index (Phi) is 8.11. The minimum Gasteiger partial charge on any atom is -0.494 e. The highest BCUT2D eigenvalue weighted by atomic mass is 19.1. The number of nitrogens with zero attached hydrogens (tertiary/aromatic N) is 3. The van der Waals surface area contributed by atoms with E-state index in [0.717, 1.165) is 45.3 Å². The lowest BCUT2D eigenvalue weighted by atomic mass is 10.0. The van der Waals surface area contributed by atoms with Crippen LogP contribution < -0.4 is 31.3 Å². The van der Waals surface area contributed by atoms with E-state index in [0.29, 0.717) is 29.6 Å². The molecule has 3 atom stereocenters. The van der Waals surface area contributed by atoms with E-state index in [1.807, 2.05) is 0 Å². The van der Waals surface area contributed by atoms with Crippen LogP contribution in [0.15, 0.2) is 18.2 Å². The summed E-state index contributed by atoms with van der Waals surface area (Å²) in [6.45, 7) is 5.10. The fraction of sp³-hybridized carbons (Fsp3) is 0.609. The maximum atomic E-state index is 14.2. The summed E-state index contributed by atoms with van der Waals surface area (Å²) in [5.74, 6) is 1.11. The van der Waals surface area contributed by atoms with Crippen LogP contribution in [-0.2, 0) is 0 Å². The molecule has 0 bridgehead atoms. The fourth-order valence-electron chi connectivity index (χ4n) is 4.47. The number of rotatable bonds is 9. The summed E-state index contributed by atoms with van der Waals surface area (Å²) in [5, 5.41) is 17.1. The van der Waals surface area contributed by atoms with Gasteiger partial charge in [0, 0.05) is 36.4 Å². The largest absolute Gasteiger partial charge is 0.494 e. The fourth-order valence-corrected chi connectivity index (χ4v) is 4.47. The normalized spacial score (nSPS) is 21.8. The summed E-state index contributed by atoms with van der Waals surface area (Å²) in [5.41, 5.74) is 0.539. The van der Waals surface area contributed by atoms with Crippen molar-refractivity contribution in [2.75, 3.05) is 42.7 Å². The lowest BCUT2D eigenvalue weighted by molar-refractivity contribution is 0.386. The molecule has 1 aromatic heterocycles. The molecule has 0 amide bonds. The number of hydrogen-bond acceptors (Lipinski definition) is 9. The average Bonchev–Trinajstić information content (AvgIpc) is 3.22. The molecule has 0 spiro atoms. The Bertz CT molecular complexity index is 900. The van der Waals surface area contributed by atoms with Crippen molar-refractivity contribution in [3.63, 3.8) is 0 Å². The molecule has 2 aliphatic rings. The molecule has 5 N–H and O–H groups in total. The molecule has 2 saturated heterocycles. The number of benzene rings is 1. The van der Waals surface area contributed by atoms with Gasteiger partial charge in [-0.2, -0.15) is 15.0 Å². The van der Waals surface area contributed by atoms with Crippen LogP contribution in [0, 0.1) is 5.82 Å². The van der Waals surface area contributed by atoms with E-state index in [1.165, 1.54) is 26.0 Å². The standard InChI is InChI=1S/C23H35FN8O/c1-3-18(19-8-6-12-26-19)29-23-31-21(27-15-9-10-20(33-2)17(24)13-15)30-22(32-23)28-16-7-4-5-11-25-14-16/h9-10,13,16,18-19,25-26H,3-8,11-12,14H2,1-2H3,(H3,27,28,29,30,31,32). The third-order valence-electron chi connectivity index (χ3n) is 6.26. The van der Waals surface area contributed by atoms with Gasteiger partial charge in [-0.15, -0.1) is 0 Å². The lowest BCUT2D eigenvalue weighted by Crippen LogP contribution is -2.40. The second kappa shape index (κ2) is 11.4. The average molecular weight is 459 g/mol. The topological polar surface area (TPSA) is 108 Å². The summed E-state index contributed by atoms with van der Waals surface area (Å²) < 4.78 is 19.2. The summed E-state index contributed by atoms with van der Waals surface area (Å²) in [6.07, 6.45) is 6.64. The minimum atomic E-state index is -0.448. The second-order valence-corrected chi connectivity index (χ2v) is 8.68. The van der Waals surface area contributed by atoms with Crippen LogP contribution in [0.5, 0.6) is 5.75 Å². The Labute approximate surface area is 194 Å². The van der Waals surface area contributed by atoms with E-state index in [4.69, 9.17) is 4.74 Å². The van der Waals surface area contributed by atoms with E-state index in [2.05, 4.69) is 48.5 Å². The third kappa shape index (κ3) is 6.42. The number of nitrogens with one attached hydrogen (secondary N) is 5. The number of aromatic nitrogens is 3. The van der Waals surface area contributed by atoms with E-state index < -0.39 is 5.82 Å². The zero-order valence-corrected chi connectivity index (χ0v) is 19.5. The molecule has 2 aliphatic heterocycles. The molecule has 4 rings (SSSR count). The molecule has 10 heteroatoms. The molecule has 2 fully saturated rings. The van der Waals surface area contributed by atoms with E-state index in [1.54, 1.807) is 12.1 Å². The van der Waals surface area contributed by atoms with Crippen molar-refractivity contribution in [3.8, 4) is 5.75 Å². The Balaban J connectivity index is 1.56. The quantitative estimate of drug-likeness (QED) is 0.387. The number of hydrogen-bond donors (Lipinski definition) is 5. The summed E-state index contributed by atoms with van der Waals surface area (Å²) in [6, 6.07) is 5.53. The van der Waals surface area contributed by atoms with Crippen molar-refractivity contribution in [2.24, 2.45) is 0 Å². The van der Waals surface area contributed by atoms with Crippen molar-refractivity contribution in [2.45, 2.75) is 63.6 Å². The van der Waals surface area contributed by atoms with Gasteiger partial charge in [0.25, 0.3) is 0 Å². The van der Waals surface area contributed by atoms with Gasteiger partial charge in [-0.25, -0.2) is 4.39 Å². The van der Waals surface area contributed by atoms with Crippen LogP contribution in [0.1, 0.15) is 45.4 Å². The second-order valence-electron chi connectivity index (χ2n) is 8.68. The Morgan fingerprint density at radius 3 is 2.70 bits per heavy atom. The highest BCUT2D eigenvalue weighted by Gasteiger charge is 2.24. The number of methoxy groups -OCH3 is 1. The molecule has 9 nitrogen and oxygen atoms in total. The molecule has 0 radical (unpaired) electrons. The first kappa shape index (κ1) is 23.4. The van der Waals surface area contributed by atoms with E-state index in [9.17, 15) is 4.39 Å². The Hall–Kier alpha value is -2.72. The first-order valence-corrected chi connectivity index (χ1v) is 12.0. The number of anilines is 4. The van der Waals surface area contributed by atoms with E-state index >= 15 is 0 Å². The van der Waals surface area contributed by atoms with Crippen molar-refractivity contribution in [1.29, 1.82) is 0 Å². The summed E-state index contributed by atoms with van der Waals surface area (Å²) in [7, 11) is 1.44. The van der Waals surface area contributed by atoms with Crippen LogP contribution >= 0.6 is 0 Å². The van der Waals surface area contributed by atoms with Gasteiger partial charge in [0.05, 0.1) is 7.11 Å². The maximum absolute atomic E-state index is 14.2. The molecule has 33 heavy (non-hydrogen) atoms.